The van der Waals surface area contributed by atoms with Crippen molar-refractivity contribution in [3.05, 3.63) is 17.0 Å². The summed E-state index contributed by atoms with van der Waals surface area (Å²) in [4.78, 5) is 1.07. The minimum absolute atomic E-state index is 0.0872. The number of morpholine rings is 1. The molecule has 2 fully saturated rings. The van der Waals surface area contributed by atoms with Gasteiger partial charge in [-0.1, -0.05) is 6.92 Å². The van der Waals surface area contributed by atoms with Crippen LogP contribution < -0.4 is 5.32 Å². The Morgan fingerprint density at radius 3 is 2.71 bits per heavy atom. The van der Waals surface area contributed by atoms with Crippen LogP contribution in [-0.4, -0.2) is 44.6 Å². The Bertz CT molecular complexity index is 573. The Labute approximate surface area is 130 Å². The molecule has 0 spiro atoms. The average Bonchev–Trinajstić information content (AvgIpc) is 3.06. The lowest BCUT2D eigenvalue weighted by Gasteiger charge is -2.30. The number of hydrogen-bond acceptors (Lipinski definition) is 5. The number of ether oxygens (including phenoxy) is 1. The van der Waals surface area contributed by atoms with Crippen LogP contribution in [0.3, 0.4) is 0 Å². The molecule has 2 aliphatic rings. The van der Waals surface area contributed by atoms with E-state index in [1.165, 1.54) is 11.3 Å². The molecule has 0 aromatic carbocycles. The van der Waals surface area contributed by atoms with Crippen LogP contribution in [0.15, 0.2) is 16.3 Å². The van der Waals surface area contributed by atoms with Gasteiger partial charge in [-0.25, -0.2) is 8.42 Å². The van der Waals surface area contributed by atoms with Crippen molar-refractivity contribution in [3.63, 3.8) is 0 Å². The quantitative estimate of drug-likeness (QED) is 0.808. The Morgan fingerprint density at radius 1 is 1.33 bits per heavy atom. The second-order valence-corrected chi connectivity index (χ2v) is 9.01. The van der Waals surface area contributed by atoms with Crippen molar-refractivity contribution in [2.75, 3.05) is 19.6 Å². The standard InChI is InChI=1S/C14H22N2O3S2/c1-2-7-15-8-13-5-6-14(20-13)21(17,18)16-9-11-3-4-12(10-16)19-11/h5-6,11-12,15H,2-4,7-10H2,1H3. The van der Waals surface area contributed by atoms with Gasteiger partial charge in [0.15, 0.2) is 0 Å². The van der Waals surface area contributed by atoms with E-state index in [1.807, 2.05) is 6.07 Å². The molecule has 0 radical (unpaired) electrons. The second kappa shape index (κ2) is 6.34. The van der Waals surface area contributed by atoms with Gasteiger partial charge < -0.3 is 10.1 Å². The highest BCUT2D eigenvalue weighted by Crippen LogP contribution is 2.32. The highest BCUT2D eigenvalue weighted by atomic mass is 32.2. The predicted molar refractivity (Wildman–Crippen MR) is 83.0 cm³/mol. The first-order valence-electron chi connectivity index (χ1n) is 7.54. The Hall–Kier alpha value is -0.470. The molecule has 7 heteroatoms. The molecular weight excluding hydrogens is 308 g/mol. The van der Waals surface area contributed by atoms with Gasteiger partial charge in [0.05, 0.1) is 12.2 Å². The van der Waals surface area contributed by atoms with Gasteiger partial charge in [0.1, 0.15) is 4.21 Å². The van der Waals surface area contributed by atoms with Crippen LogP contribution in [0, 0.1) is 0 Å². The van der Waals surface area contributed by atoms with Crippen molar-refractivity contribution in [1.29, 1.82) is 0 Å². The molecular formula is C14H22N2O3S2. The molecule has 0 aliphatic carbocycles. The van der Waals surface area contributed by atoms with E-state index in [1.54, 1.807) is 10.4 Å². The van der Waals surface area contributed by atoms with E-state index in [0.29, 0.717) is 17.3 Å². The molecule has 118 valence electrons. The monoisotopic (exact) mass is 330 g/mol. The first-order valence-corrected chi connectivity index (χ1v) is 9.80. The summed E-state index contributed by atoms with van der Waals surface area (Å²) in [5.41, 5.74) is 0. The van der Waals surface area contributed by atoms with Gasteiger partial charge in [-0.05, 0) is 37.9 Å². The lowest BCUT2D eigenvalue weighted by molar-refractivity contribution is -0.0114. The average molecular weight is 330 g/mol. The summed E-state index contributed by atoms with van der Waals surface area (Å²) in [6.07, 6.45) is 3.21. The fourth-order valence-electron chi connectivity index (χ4n) is 2.88. The lowest BCUT2D eigenvalue weighted by Crippen LogP contribution is -2.45. The first-order chi connectivity index (χ1) is 10.1. The summed E-state index contributed by atoms with van der Waals surface area (Å²) in [7, 11) is -3.35. The number of nitrogens with one attached hydrogen (secondary N) is 1. The molecule has 2 bridgehead atoms. The number of thiophene rings is 1. The third kappa shape index (κ3) is 3.32. The lowest BCUT2D eigenvalue weighted by atomic mass is 10.2. The number of rotatable bonds is 6. The van der Waals surface area contributed by atoms with Gasteiger partial charge in [0.2, 0.25) is 0 Å². The minimum Gasteiger partial charge on any atom is -0.372 e. The molecule has 3 heterocycles. The van der Waals surface area contributed by atoms with Crippen LogP contribution in [0.25, 0.3) is 0 Å². The smallest absolute Gasteiger partial charge is 0.252 e. The van der Waals surface area contributed by atoms with Crippen LogP contribution in [0.1, 0.15) is 31.1 Å². The predicted octanol–water partition coefficient (Wildman–Crippen LogP) is 1.80. The van der Waals surface area contributed by atoms with E-state index in [0.717, 1.165) is 37.2 Å². The van der Waals surface area contributed by atoms with Crippen LogP contribution in [0.4, 0.5) is 0 Å². The largest absolute Gasteiger partial charge is 0.372 e. The molecule has 5 nitrogen and oxygen atoms in total. The van der Waals surface area contributed by atoms with E-state index >= 15 is 0 Å². The summed E-state index contributed by atoms with van der Waals surface area (Å²) in [6.45, 7) is 4.81. The van der Waals surface area contributed by atoms with Crippen molar-refractivity contribution < 1.29 is 13.2 Å². The second-order valence-electron chi connectivity index (χ2n) is 5.68. The van der Waals surface area contributed by atoms with Crippen molar-refractivity contribution in [3.8, 4) is 0 Å². The van der Waals surface area contributed by atoms with Crippen LogP contribution in [-0.2, 0) is 21.3 Å². The molecule has 3 rings (SSSR count). The van der Waals surface area contributed by atoms with E-state index in [9.17, 15) is 8.42 Å². The van der Waals surface area contributed by atoms with E-state index < -0.39 is 10.0 Å². The van der Waals surface area contributed by atoms with Gasteiger partial charge in [0, 0.05) is 24.5 Å². The highest BCUT2D eigenvalue weighted by Gasteiger charge is 2.39. The fourth-order valence-corrected chi connectivity index (χ4v) is 5.86. The fraction of sp³-hybridized carbons (Fsp3) is 0.714. The molecule has 2 unspecified atom stereocenters. The Balaban J connectivity index is 1.70. The van der Waals surface area contributed by atoms with Gasteiger partial charge in [-0.2, -0.15) is 4.31 Å². The zero-order valence-electron chi connectivity index (χ0n) is 12.2. The topological polar surface area (TPSA) is 58.6 Å². The van der Waals surface area contributed by atoms with Crippen LogP contribution in [0.5, 0.6) is 0 Å². The van der Waals surface area contributed by atoms with Gasteiger partial charge in [0.25, 0.3) is 10.0 Å². The molecule has 21 heavy (non-hydrogen) atoms. The molecule has 2 saturated heterocycles. The van der Waals surface area contributed by atoms with Crippen molar-refractivity contribution in [2.24, 2.45) is 0 Å². The maximum atomic E-state index is 12.7. The Kier molecular flexibility index (Phi) is 4.66. The summed E-state index contributed by atoms with van der Waals surface area (Å²) >= 11 is 1.37. The molecule has 2 atom stereocenters. The van der Waals surface area contributed by atoms with Crippen molar-refractivity contribution in [1.82, 2.24) is 9.62 Å². The van der Waals surface area contributed by atoms with Crippen LogP contribution >= 0.6 is 11.3 Å². The first kappa shape index (κ1) is 15.4. The third-order valence-corrected chi connectivity index (χ3v) is 7.35. The van der Waals surface area contributed by atoms with Crippen molar-refractivity contribution in [2.45, 2.75) is 49.1 Å². The van der Waals surface area contributed by atoms with Gasteiger partial charge >= 0.3 is 0 Å². The van der Waals surface area contributed by atoms with Gasteiger partial charge in [-0.3, -0.25) is 0 Å². The number of sulfonamides is 1. The zero-order chi connectivity index (χ0) is 14.9. The summed E-state index contributed by atoms with van der Waals surface area (Å²) in [5, 5.41) is 3.30. The highest BCUT2D eigenvalue weighted by molar-refractivity contribution is 7.91. The normalized spacial score (nSPS) is 26.3. The molecule has 2 aliphatic heterocycles. The zero-order valence-corrected chi connectivity index (χ0v) is 13.9. The van der Waals surface area contributed by atoms with Crippen LogP contribution in [0.2, 0.25) is 0 Å². The Morgan fingerprint density at radius 2 is 2.05 bits per heavy atom. The number of hydrogen-bond donors (Lipinski definition) is 1. The summed E-state index contributed by atoms with van der Waals surface area (Å²) in [5.74, 6) is 0. The SMILES string of the molecule is CCCNCc1ccc(S(=O)(=O)N2CC3CCC(C2)O3)s1. The summed E-state index contributed by atoms with van der Waals surface area (Å²) in [6, 6.07) is 3.65. The molecule has 1 aromatic rings. The molecule has 1 aromatic heterocycles. The van der Waals surface area contributed by atoms with Crippen molar-refractivity contribution >= 4 is 21.4 Å². The molecule has 0 amide bonds. The van der Waals surface area contributed by atoms with Gasteiger partial charge in [-0.15, -0.1) is 11.3 Å². The minimum atomic E-state index is -3.35. The number of nitrogens with zero attached hydrogens (tertiary/aromatic N) is 1. The molecule has 1 N–H and O–H groups in total. The maximum Gasteiger partial charge on any atom is 0.252 e. The summed E-state index contributed by atoms with van der Waals surface area (Å²) < 4.78 is 33.2. The number of fused-ring (bicyclic) bond motifs is 2. The van der Waals surface area contributed by atoms with E-state index in [4.69, 9.17) is 4.74 Å². The molecule has 0 saturated carbocycles. The van der Waals surface area contributed by atoms with E-state index in [2.05, 4.69) is 12.2 Å². The van der Waals surface area contributed by atoms with E-state index in [-0.39, 0.29) is 12.2 Å². The maximum absolute atomic E-state index is 12.7. The third-order valence-electron chi connectivity index (χ3n) is 3.97.